The van der Waals surface area contributed by atoms with Crippen LogP contribution in [0.25, 0.3) is 0 Å². The van der Waals surface area contributed by atoms with Crippen LogP contribution in [0.5, 0.6) is 0 Å². The van der Waals surface area contributed by atoms with Crippen LogP contribution in [-0.2, 0) is 41.3 Å². The molecule has 40 heavy (non-hydrogen) atoms. The van der Waals surface area contributed by atoms with E-state index in [1.807, 2.05) is 0 Å². The van der Waals surface area contributed by atoms with Crippen molar-refractivity contribution in [3.05, 3.63) is 65.0 Å². The molecule has 2 aromatic carbocycles. The first-order chi connectivity index (χ1) is 18.2. The van der Waals surface area contributed by atoms with Gasteiger partial charge in [0.05, 0.1) is 10.9 Å². The molecule has 2 atom stereocenters. The minimum absolute atomic E-state index is 0.213. The third-order valence-electron chi connectivity index (χ3n) is 7.38. The SMILES string of the molecule is CS(=O)(=O)CC(=O)N1CC[C@@]2(S(=O)(=O)c3ccc(F)cc3)c3ccc(C(F)(C(F)(F)F)C(F)(F)F)cc3CC[C@@H]12. The van der Waals surface area contributed by atoms with Gasteiger partial charge in [0.25, 0.3) is 0 Å². The van der Waals surface area contributed by atoms with E-state index in [1.165, 1.54) is 0 Å². The molecule has 220 valence electrons. The van der Waals surface area contributed by atoms with Crippen molar-refractivity contribution in [2.75, 3.05) is 18.6 Å². The van der Waals surface area contributed by atoms with E-state index in [2.05, 4.69) is 0 Å². The molecule has 1 aliphatic carbocycles. The van der Waals surface area contributed by atoms with Crippen LogP contribution in [0.1, 0.15) is 29.5 Å². The van der Waals surface area contributed by atoms with Crippen LogP contribution >= 0.6 is 0 Å². The molecule has 1 saturated heterocycles. The predicted molar refractivity (Wildman–Crippen MR) is 125 cm³/mol. The fourth-order valence-corrected chi connectivity index (χ4v) is 8.64. The van der Waals surface area contributed by atoms with Gasteiger partial charge in [-0.25, -0.2) is 25.6 Å². The number of likely N-dealkylation sites (tertiary alicyclic amines) is 1. The Kier molecular flexibility index (Phi) is 7.09. The summed E-state index contributed by atoms with van der Waals surface area (Å²) in [6, 6.07) is 3.44. The van der Waals surface area contributed by atoms with Gasteiger partial charge in [0.2, 0.25) is 5.91 Å². The number of rotatable bonds is 5. The number of halogens is 8. The zero-order valence-corrected chi connectivity index (χ0v) is 22.1. The van der Waals surface area contributed by atoms with Crippen LogP contribution in [0.3, 0.4) is 0 Å². The normalized spacial score (nSPS) is 22.1. The third kappa shape index (κ3) is 4.56. The minimum Gasteiger partial charge on any atom is -0.337 e. The van der Waals surface area contributed by atoms with Gasteiger partial charge in [-0.15, -0.1) is 0 Å². The number of fused-ring (bicyclic) bond motifs is 3. The standard InChI is InChI=1S/C24H21F8NO5S2/c1-39(35,36)13-20(34)33-11-10-21(40(37,38)17-6-4-16(25)5-7-17)18-8-3-15(12-14(18)2-9-19(21)33)22(26,23(27,28)29)24(30,31)32/h3-8,12,19H,2,9-11,13H2,1H3/t19-,21-/m1/s1. The topological polar surface area (TPSA) is 88.6 Å². The molecule has 0 unspecified atom stereocenters. The summed E-state index contributed by atoms with van der Waals surface area (Å²) >= 11 is 0. The van der Waals surface area contributed by atoms with Crippen molar-refractivity contribution in [3.63, 3.8) is 0 Å². The molecule has 2 aromatic rings. The van der Waals surface area contributed by atoms with Gasteiger partial charge in [0.1, 0.15) is 16.3 Å². The molecule has 0 saturated carbocycles. The first-order valence-corrected chi connectivity index (χ1v) is 15.1. The van der Waals surface area contributed by atoms with E-state index in [4.69, 9.17) is 0 Å². The molecule has 0 bridgehead atoms. The van der Waals surface area contributed by atoms with E-state index < -0.39 is 82.8 Å². The van der Waals surface area contributed by atoms with Gasteiger partial charge in [0, 0.05) is 18.4 Å². The van der Waals surface area contributed by atoms with Gasteiger partial charge in [-0.3, -0.25) is 4.79 Å². The molecule has 0 spiro atoms. The smallest absolute Gasteiger partial charge is 0.337 e. The molecular weight excluding hydrogens is 598 g/mol. The number of aryl methyl sites for hydroxylation is 1. The largest absolute Gasteiger partial charge is 0.435 e. The molecule has 0 aromatic heterocycles. The Balaban J connectivity index is 1.95. The highest BCUT2D eigenvalue weighted by Gasteiger charge is 2.73. The van der Waals surface area contributed by atoms with Crippen molar-refractivity contribution in [2.45, 2.75) is 53.0 Å². The summed E-state index contributed by atoms with van der Waals surface area (Å²) in [5.74, 6) is -2.71. The van der Waals surface area contributed by atoms with E-state index in [9.17, 15) is 56.8 Å². The second-order valence-corrected chi connectivity index (χ2v) is 14.2. The number of nitrogens with zero attached hydrogens (tertiary/aromatic N) is 1. The summed E-state index contributed by atoms with van der Waals surface area (Å²) in [7, 11) is -8.51. The highest BCUT2D eigenvalue weighted by Crippen LogP contribution is 2.56. The molecule has 1 fully saturated rings. The number of sulfone groups is 2. The van der Waals surface area contributed by atoms with Crippen LogP contribution in [0.15, 0.2) is 47.4 Å². The summed E-state index contributed by atoms with van der Waals surface area (Å²) in [5.41, 5.74) is -8.10. The van der Waals surface area contributed by atoms with E-state index >= 15 is 0 Å². The number of alkyl halides is 7. The van der Waals surface area contributed by atoms with Crippen molar-refractivity contribution in [1.82, 2.24) is 4.90 Å². The summed E-state index contributed by atoms with van der Waals surface area (Å²) in [5, 5.41) is 0. The number of carbonyl (C=O) groups excluding carboxylic acids is 1. The second-order valence-electron chi connectivity index (χ2n) is 9.83. The fourth-order valence-electron chi connectivity index (χ4n) is 5.66. The van der Waals surface area contributed by atoms with Crippen molar-refractivity contribution >= 4 is 25.6 Å². The summed E-state index contributed by atoms with van der Waals surface area (Å²) in [4.78, 5) is 13.5. The first-order valence-electron chi connectivity index (χ1n) is 11.6. The highest BCUT2D eigenvalue weighted by molar-refractivity contribution is 7.92. The molecule has 2 aliphatic rings. The van der Waals surface area contributed by atoms with E-state index in [-0.39, 0.29) is 36.6 Å². The molecular formula is C24H21F8NO5S2. The maximum atomic E-state index is 14.8. The maximum Gasteiger partial charge on any atom is 0.435 e. The van der Waals surface area contributed by atoms with Crippen molar-refractivity contribution < 1.29 is 56.8 Å². The quantitative estimate of drug-likeness (QED) is 0.367. The zero-order valence-electron chi connectivity index (χ0n) is 20.5. The third-order valence-corrected chi connectivity index (χ3v) is 10.7. The van der Waals surface area contributed by atoms with Crippen molar-refractivity contribution in [1.29, 1.82) is 0 Å². The van der Waals surface area contributed by atoms with Crippen LogP contribution in [0.4, 0.5) is 35.1 Å². The molecule has 16 heteroatoms. The van der Waals surface area contributed by atoms with E-state index in [0.717, 1.165) is 35.4 Å². The molecule has 6 nitrogen and oxygen atoms in total. The highest BCUT2D eigenvalue weighted by atomic mass is 32.2. The number of amides is 1. The van der Waals surface area contributed by atoms with Crippen LogP contribution < -0.4 is 0 Å². The molecule has 0 N–H and O–H groups in total. The van der Waals surface area contributed by atoms with Crippen LogP contribution in [0.2, 0.25) is 0 Å². The number of benzene rings is 2. The van der Waals surface area contributed by atoms with Gasteiger partial charge in [-0.05, 0) is 54.7 Å². The first kappa shape index (κ1) is 30.2. The van der Waals surface area contributed by atoms with Gasteiger partial charge >= 0.3 is 18.0 Å². The zero-order chi connectivity index (χ0) is 30.1. The van der Waals surface area contributed by atoms with Gasteiger partial charge < -0.3 is 4.90 Å². The Morgan fingerprint density at radius 1 is 0.950 bits per heavy atom. The Bertz CT molecular complexity index is 1540. The Labute approximate surface area is 223 Å². The number of carbonyl (C=O) groups is 1. The lowest BCUT2D eigenvalue weighted by Gasteiger charge is -2.43. The molecule has 0 radical (unpaired) electrons. The Morgan fingerprint density at radius 3 is 2.05 bits per heavy atom. The molecule has 1 amide bonds. The molecule has 1 heterocycles. The Morgan fingerprint density at radius 2 is 1.52 bits per heavy atom. The second kappa shape index (κ2) is 9.39. The monoisotopic (exact) mass is 619 g/mol. The van der Waals surface area contributed by atoms with Gasteiger partial charge in [0.15, 0.2) is 19.7 Å². The fraction of sp³-hybridized carbons (Fsp3) is 0.458. The number of hydrogen-bond acceptors (Lipinski definition) is 5. The van der Waals surface area contributed by atoms with Crippen LogP contribution in [-0.4, -0.2) is 64.6 Å². The summed E-state index contributed by atoms with van der Waals surface area (Å²) in [6.07, 6.45) is -13.1. The maximum absolute atomic E-state index is 14.8. The molecule has 4 rings (SSSR count). The van der Waals surface area contributed by atoms with Crippen molar-refractivity contribution in [3.8, 4) is 0 Å². The summed E-state index contributed by atoms with van der Waals surface area (Å²) in [6.45, 7) is -0.307. The van der Waals surface area contributed by atoms with Crippen LogP contribution in [0, 0.1) is 5.82 Å². The number of hydrogen-bond donors (Lipinski definition) is 0. The average Bonchev–Trinajstić information content (AvgIpc) is 3.23. The van der Waals surface area contributed by atoms with Gasteiger partial charge in [-0.1, -0.05) is 18.2 Å². The lowest BCUT2D eigenvalue weighted by atomic mass is 9.77. The Hall–Kier alpha value is -2.75. The average molecular weight is 620 g/mol. The van der Waals surface area contributed by atoms with E-state index in [1.54, 1.807) is 0 Å². The minimum atomic E-state index is -6.39. The summed E-state index contributed by atoms with van der Waals surface area (Å²) < 4.78 is 158. The predicted octanol–water partition coefficient (Wildman–Crippen LogP) is 4.38. The lowest BCUT2D eigenvalue weighted by Crippen LogP contribution is -2.53. The van der Waals surface area contributed by atoms with Crippen molar-refractivity contribution in [2.24, 2.45) is 0 Å². The van der Waals surface area contributed by atoms with E-state index in [0.29, 0.717) is 12.1 Å². The lowest BCUT2D eigenvalue weighted by molar-refractivity contribution is -0.348. The molecule has 1 aliphatic heterocycles. The van der Waals surface area contributed by atoms with Gasteiger partial charge in [-0.2, -0.15) is 26.3 Å².